The van der Waals surface area contributed by atoms with Crippen LogP contribution in [0.25, 0.3) is 0 Å². The zero-order valence-electron chi connectivity index (χ0n) is 9.09. The summed E-state index contributed by atoms with van der Waals surface area (Å²) in [6.45, 7) is 0.296. The number of hydrogen-bond donors (Lipinski definition) is 3. The lowest BCUT2D eigenvalue weighted by Gasteiger charge is -2.14. The maximum atomic E-state index is 11.5. The van der Waals surface area contributed by atoms with Crippen molar-refractivity contribution in [1.82, 2.24) is 0 Å². The lowest BCUT2D eigenvalue weighted by atomic mass is 9.99. The third-order valence-electron chi connectivity index (χ3n) is 2.09. The summed E-state index contributed by atoms with van der Waals surface area (Å²) >= 11 is 8.01. The van der Waals surface area contributed by atoms with E-state index in [0.717, 1.165) is 0 Å². The van der Waals surface area contributed by atoms with Crippen molar-refractivity contribution in [2.24, 2.45) is 5.92 Å². The van der Waals surface area contributed by atoms with E-state index in [4.69, 9.17) is 9.84 Å². The van der Waals surface area contributed by atoms with Crippen LogP contribution >= 0.6 is 25.3 Å². The molecule has 1 unspecified atom stereocenters. The number of ether oxygens (including phenoxy) is 1. The molecule has 0 aromatic carbocycles. The third-order valence-corrected chi connectivity index (χ3v) is 2.53. The molecule has 0 aromatic heterocycles. The lowest BCUT2D eigenvalue weighted by molar-refractivity contribution is -0.148. The molecule has 0 saturated heterocycles. The summed E-state index contributed by atoms with van der Waals surface area (Å²) in [6, 6.07) is 0. The van der Waals surface area contributed by atoms with Crippen LogP contribution in [0.5, 0.6) is 0 Å². The van der Waals surface area contributed by atoms with Crippen molar-refractivity contribution < 1.29 is 19.4 Å². The molecule has 16 heavy (non-hydrogen) atoms. The van der Waals surface area contributed by atoms with Gasteiger partial charge in [0.1, 0.15) is 6.61 Å². The SMILES string of the molecule is O=C(O)CCCC(CCS)C(=O)OCCS. The highest BCUT2D eigenvalue weighted by atomic mass is 32.1. The van der Waals surface area contributed by atoms with Gasteiger partial charge in [0, 0.05) is 12.2 Å². The largest absolute Gasteiger partial charge is 0.481 e. The van der Waals surface area contributed by atoms with E-state index in [1.54, 1.807) is 0 Å². The van der Waals surface area contributed by atoms with Crippen LogP contribution < -0.4 is 0 Å². The van der Waals surface area contributed by atoms with Gasteiger partial charge in [0.25, 0.3) is 0 Å². The standard InChI is InChI=1S/C10H18O4S2/c11-9(12)3-1-2-8(4-6-15)10(13)14-5-7-16/h8,15-16H,1-7H2,(H,11,12). The summed E-state index contributed by atoms with van der Waals surface area (Å²) in [6.07, 6.45) is 1.74. The molecular formula is C10H18O4S2. The van der Waals surface area contributed by atoms with Gasteiger partial charge in [0.05, 0.1) is 5.92 Å². The number of carbonyl (C=O) groups excluding carboxylic acids is 1. The maximum absolute atomic E-state index is 11.5. The third kappa shape index (κ3) is 7.87. The molecule has 0 saturated carbocycles. The number of carboxylic acids is 1. The van der Waals surface area contributed by atoms with Crippen molar-refractivity contribution in [2.45, 2.75) is 25.7 Å². The first kappa shape index (κ1) is 15.6. The lowest BCUT2D eigenvalue weighted by Crippen LogP contribution is -2.19. The minimum absolute atomic E-state index is 0.0862. The average molecular weight is 266 g/mol. The molecule has 1 atom stereocenters. The summed E-state index contributed by atoms with van der Waals surface area (Å²) in [5.41, 5.74) is 0. The van der Waals surface area contributed by atoms with Crippen LogP contribution in [0.3, 0.4) is 0 Å². The van der Waals surface area contributed by atoms with Gasteiger partial charge in [0.15, 0.2) is 0 Å². The molecule has 0 radical (unpaired) electrons. The Hall–Kier alpha value is -0.360. The van der Waals surface area contributed by atoms with Gasteiger partial charge in [0.2, 0.25) is 0 Å². The van der Waals surface area contributed by atoms with Crippen molar-refractivity contribution in [3.63, 3.8) is 0 Å². The molecular weight excluding hydrogens is 248 g/mol. The maximum Gasteiger partial charge on any atom is 0.308 e. The van der Waals surface area contributed by atoms with E-state index in [-0.39, 0.29) is 18.3 Å². The van der Waals surface area contributed by atoms with Crippen LogP contribution in [0.4, 0.5) is 0 Å². The number of thiol groups is 2. The van der Waals surface area contributed by atoms with Crippen LogP contribution in [-0.2, 0) is 14.3 Å². The molecule has 0 heterocycles. The number of esters is 1. The van der Waals surface area contributed by atoms with E-state index < -0.39 is 5.97 Å². The predicted molar refractivity (Wildman–Crippen MR) is 68.3 cm³/mol. The molecule has 94 valence electrons. The first-order valence-electron chi connectivity index (χ1n) is 5.22. The molecule has 0 fully saturated rings. The van der Waals surface area contributed by atoms with Crippen LogP contribution in [0.15, 0.2) is 0 Å². The fourth-order valence-corrected chi connectivity index (χ4v) is 1.70. The van der Waals surface area contributed by atoms with Gasteiger partial charge in [-0.3, -0.25) is 9.59 Å². The Balaban J connectivity index is 3.94. The van der Waals surface area contributed by atoms with Crippen molar-refractivity contribution in [2.75, 3.05) is 18.1 Å². The zero-order valence-corrected chi connectivity index (χ0v) is 10.9. The Morgan fingerprint density at radius 1 is 1.19 bits per heavy atom. The van der Waals surface area contributed by atoms with Crippen molar-refractivity contribution in [1.29, 1.82) is 0 Å². The van der Waals surface area contributed by atoms with Crippen LogP contribution in [0.1, 0.15) is 25.7 Å². The topological polar surface area (TPSA) is 63.6 Å². The second kappa shape index (κ2) is 9.84. The monoisotopic (exact) mass is 266 g/mol. The van der Waals surface area contributed by atoms with Crippen molar-refractivity contribution >= 4 is 37.2 Å². The molecule has 1 N–H and O–H groups in total. The van der Waals surface area contributed by atoms with Gasteiger partial charge in [-0.25, -0.2) is 0 Å². The fraction of sp³-hybridized carbons (Fsp3) is 0.800. The first-order chi connectivity index (χ1) is 7.61. The Morgan fingerprint density at radius 2 is 1.88 bits per heavy atom. The Labute approximate surface area is 107 Å². The molecule has 0 bridgehead atoms. The number of rotatable bonds is 9. The van der Waals surface area contributed by atoms with E-state index in [0.29, 0.717) is 37.4 Å². The fourth-order valence-electron chi connectivity index (χ4n) is 1.30. The summed E-state index contributed by atoms with van der Waals surface area (Å²) < 4.78 is 4.97. The molecule has 0 aliphatic rings. The molecule has 0 rings (SSSR count). The second-order valence-electron chi connectivity index (χ2n) is 3.39. The quantitative estimate of drug-likeness (QED) is 0.438. The van der Waals surface area contributed by atoms with Gasteiger partial charge in [-0.15, -0.1) is 0 Å². The van der Waals surface area contributed by atoms with Crippen molar-refractivity contribution in [3.8, 4) is 0 Å². The number of aliphatic carboxylic acids is 1. The Kier molecular flexibility index (Phi) is 9.62. The van der Waals surface area contributed by atoms with Crippen LogP contribution in [0, 0.1) is 5.92 Å². The predicted octanol–water partition coefficient (Wildman–Crippen LogP) is 1.65. The minimum Gasteiger partial charge on any atom is -0.481 e. The van der Waals surface area contributed by atoms with Gasteiger partial charge < -0.3 is 9.84 Å². The van der Waals surface area contributed by atoms with Crippen LogP contribution in [0.2, 0.25) is 0 Å². The van der Waals surface area contributed by atoms with Gasteiger partial charge in [-0.1, -0.05) is 0 Å². The normalized spacial score (nSPS) is 12.1. The van der Waals surface area contributed by atoms with Gasteiger partial charge in [-0.05, 0) is 25.0 Å². The highest BCUT2D eigenvalue weighted by Crippen LogP contribution is 2.15. The molecule has 0 aliphatic carbocycles. The van der Waals surface area contributed by atoms with E-state index in [1.807, 2.05) is 0 Å². The second-order valence-corrected chi connectivity index (χ2v) is 4.28. The number of carboxylic acid groups (broad SMARTS) is 1. The van der Waals surface area contributed by atoms with E-state index in [9.17, 15) is 9.59 Å². The minimum atomic E-state index is -0.839. The van der Waals surface area contributed by atoms with E-state index in [1.165, 1.54) is 0 Å². The average Bonchev–Trinajstić information content (AvgIpc) is 2.24. The summed E-state index contributed by atoms with van der Waals surface area (Å²) in [4.78, 5) is 21.9. The Bertz CT molecular complexity index is 221. The highest BCUT2D eigenvalue weighted by molar-refractivity contribution is 7.80. The van der Waals surface area contributed by atoms with Gasteiger partial charge in [-0.2, -0.15) is 25.3 Å². The zero-order chi connectivity index (χ0) is 12.4. The molecule has 6 heteroatoms. The number of carbonyl (C=O) groups is 2. The van der Waals surface area contributed by atoms with Gasteiger partial charge >= 0.3 is 11.9 Å². The Morgan fingerprint density at radius 3 is 2.38 bits per heavy atom. The van der Waals surface area contributed by atoms with Crippen molar-refractivity contribution in [3.05, 3.63) is 0 Å². The van der Waals surface area contributed by atoms with E-state index >= 15 is 0 Å². The summed E-state index contributed by atoms with van der Waals surface area (Å²) in [5, 5.41) is 8.49. The summed E-state index contributed by atoms with van der Waals surface area (Å²) in [7, 11) is 0. The molecule has 4 nitrogen and oxygen atoms in total. The smallest absolute Gasteiger partial charge is 0.308 e. The molecule has 0 aromatic rings. The first-order valence-corrected chi connectivity index (χ1v) is 6.48. The van der Waals surface area contributed by atoms with E-state index in [2.05, 4.69) is 25.3 Å². The number of hydrogen-bond acceptors (Lipinski definition) is 5. The molecule has 0 aliphatic heterocycles. The summed E-state index contributed by atoms with van der Waals surface area (Å²) in [5.74, 6) is -0.263. The highest BCUT2D eigenvalue weighted by Gasteiger charge is 2.19. The van der Waals surface area contributed by atoms with Crippen LogP contribution in [-0.4, -0.2) is 35.2 Å². The molecule has 0 spiro atoms. The molecule has 0 amide bonds.